The van der Waals surface area contributed by atoms with Gasteiger partial charge in [-0.25, -0.2) is 0 Å². The van der Waals surface area contributed by atoms with Crippen LogP contribution in [-0.4, -0.2) is 49.3 Å². The van der Waals surface area contributed by atoms with Crippen LogP contribution in [0.4, 0.5) is 0 Å². The van der Waals surface area contributed by atoms with E-state index in [4.69, 9.17) is 4.74 Å². The molecule has 3 unspecified atom stereocenters. The van der Waals surface area contributed by atoms with Crippen LogP contribution < -0.4 is 5.32 Å². The minimum absolute atomic E-state index is 0.335. The lowest BCUT2D eigenvalue weighted by Crippen LogP contribution is -2.50. The molecule has 100 valence electrons. The van der Waals surface area contributed by atoms with Gasteiger partial charge in [-0.05, 0) is 31.7 Å². The van der Waals surface area contributed by atoms with Crippen molar-refractivity contribution in [2.75, 3.05) is 26.3 Å². The van der Waals surface area contributed by atoms with Crippen molar-refractivity contribution in [1.82, 2.24) is 10.2 Å². The predicted octanol–water partition coefficient (Wildman–Crippen LogP) is 1.87. The third kappa shape index (κ3) is 3.21. The zero-order chi connectivity index (χ0) is 12.5. The van der Waals surface area contributed by atoms with E-state index >= 15 is 0 Å². The molecule has 2 heterocycles. The molecule has 17 heavy (non-hydrogen) atoms. The highest BCUT2D eigenvalue weighted by molar-refractivity contribution is 4.91. The maximum Gasteiger partial charge on any atom is 0.0622 e. The lowest BCUT2D eigenvalue weighted by Gasteiger charge is -2.38. The number of rotatable bonds is 1. The van der Waals surface area contributed by atoms with E-state index in [1.807, 2.05) is 0 Å². The highest BCUT2D eigenvalue weighted by atomic mass is 16.5. The van der Waals surface area contributed by atoms with Crippen LogP contribution in [0, 0.1) is 5.41 Å². The number of hydrogen-bond donors (Lipinski definition) is 1. The molecule has 2 aliphatic rings. The summed E-state index contributed by atoms with van der Waals surface area (Å²) in [5.41, 5.74) is 0.335. The van der Waals surface area contributed by atoms with Gasteiger partial charge in [0.05, 0.1) is 6.61 Å². The molecule has 2 fully saturated rings. The minimum Gasteiger partial charge on any atom is -0.380 e. The first-order valence-corrected chi connectivity index (χ1v) is 7.05. The van der Waals surface area contributed by atoms with E-state index in [-0.39, 0.29) is 0 Å². The Hall–Kier alpha value is -0.120. The lowest BCUT2D eigenvalue weighted by atomic mass is 9.86. The molecule has 0 aliphatic carbocycles. The quantitative estimate of drug-likeness (QED) is 0.757. The molecule has 3 atom stereocenters. The molecule has 0 aromatic rings. The SMILES string of the molecule is CC1CCNC(C(C)(C)C)CN1C1CCOC1. The van der Waals surface area contributed by atoms with E-state index in [0.29, 0.717) is 23.5 Å². The van der Waals surface area contributed by atoms with Gasteiger partial charge in [-0.2, -0.15) is 0 Å². The molecular formula is C14H28N2O. The number of hydrogen-bond acceptors (Lipinski definition) is 3. The van der Waals surface area contributed by atoms with E-state index in [9.17, 15) is 0 Å². The fourth-order valence-electron chi connectivity index (χ4n) is 2.96. The molecule has 2 rings (SSSR count). The van der Waals surface area contributed by atoms with E-state index in [1.54, 1.807) is 0 Å². The number of ether oxygens (including phenoxy) is 1. The van der Waals surface area contributed by atoms with Gasteiger partial charge in [0.15, 0.2) is 0 Å². The summed E-state index contributed by atoms with van der Waals surface area (Å²) < 4.78 is 5.56. The van der Waals surface area contributed by atoms with Gasteiger partial charge < -0.3 is 10.1 Å². The Labute approximate surface area is 106 Å². The van der Waals surface area contributed by atoms with Crippen LogP contribution in [0.5, 0.6) is 0 Å². The Kier molecular flexibility index (Phi) is 4.11. The molecule has 2 saturated heterocycles. The molecule has 2 aliphatic heterocycles. The summed E-state index contributed by atoms with van der Waals surface area (Å²) in [6.45, 7) is 13.6. The molecule has 3 nitrogen and oxygen atoms in total. The first kappa shape index (κ1) is 13.3. The topological polar surface area (TPSA) is 24.5 Å². The molecule has 0 radical (unpaired) electrons. The molecule has 0 amide bonds. The second-order valence-corrected chi connectivity index (χ2v) is 6.72. The Morgan fingerprint density at radius 1 is 1.24 bits per heavy atom. The summed E-state index contributed by atoms with van der Waals surface area (Å²) in [4.78, 5) is 2.68. The predicted molar refractivity (Wildman–Crippen MR) is 71.3 cm³/mol. The summed E-state index contributed by atoms with van der Waals surface area (Å²) >= 11 is 0. The van der Waals surface area contributed by atoms with Gasteiger partial charge in [0.1, 0.15) is 0 Å². The zero-order valence-electron chi connectivity index (χ0n) is 11.8. The first-order valence-electron chi connectivity index (χ1n) is 7.05. The second kappa shape index (κ2) is 5.25. The van der Waals surface area contributed by atoms with Crippen LogP contribution in [0.2, 0.25) is 0 Å². The van der Waals surface area contributed by atoms with Gasteiger partial charge >= 0.3 is 0 Å². The van der Waals surface area contributed by atoms with Gasteiger partial charge in [-0.15, -0.1) is 0 Å². The van der Waals surface area contributed by atoms with Gasteiger partial charge in [0.2, 0.25) is 0 Å². The Morgan fingerprint density at radius 3 is 2.59 bits per heavy atom. The molecule has 0 spiro atoms. The summed E-state index contributed by atoms with van der Waals surface area (Å²) in [6, 6.07) is 1.92. The van der Waals surface area contributed by atoms with Crippen molar-refractivity contribution in [3.8, 4) is 0 Å². The van der Waals surface area contributed by atoms with Crippen molar-refractivity contribution in [3.05, 3.63) is 0 Å². The molecule has 0 aromatic heterocycles. The zero-order valence-corrected chi connectivity index (χ0v) is 11.8. The second-order valence-electron chi connectivity index (χ2n) is 6.72. The van der Waals surface area contributed by atoms with Gasteiger partial charge in [0, 0.05) is 31.3 Å². The lowest BCUT2D eigenvalue weighted by molar-refractivity contribution is 0.0974. The van der Waals surface area contributed by atoms with Crippen LogP contribution >= 0.6 is 0 Å². The molecule has 0 saturated carbocycles. The monoisotopic (exact) mass is 240 g/mol. The van der Waals surface area contributed by atoms with Crippen molar-refractivity contribution in [2.45, 2.75) is 58.7 Å². The normalized spacial score (nSPS) is 37.1. The van der Waals surface area contributed by atoms with Gasteiger partial charge in [-0.3, -0.25) is 4.90 Å². The maximum atomic E-state index is 5.56. The largest absolute Gasteiger partial charge is 0.380 e. The standard InChI is InChI=1S/C14H28N2O/c1-11-5-7-15-13(14(2,3)4)9-16(11)12-6-8-17-10-12/h11-13,15H,5-10H2,1-4H3. The van der Waals surface area contributed by atoms with E-state index in [2.05, 4.69) is 37.9 Å². The van der Waals surface area contributed by atoms with E-state index in [1.165, 1.54) is 19.4 Å². The van der Waals surface area contributed by atoms with E-state index < -0.39 is 0 Å². The third-order valence-electron chi connectivity index (χ3n) is 4.33. The molecule has 0 bridgehead atoms. The Balaban J connectivity index is 2.05. The molecule has 0 aromatic carbocycles. The van der Waals surface area contributed by atoms with Crippen molar-refractivity contribution in [2.24, 2.45) is 5.41 Å². The van der Waals surface area contributed by atoms with Crippen molar-refractivity contribution in [3.63, 3.8) is 0 Å². The van der Waals surface area contributed by atoms with Crippen molar-refractivity contribution in [1.29, 1.82) is 0 Å². The van der Waals surface area contributed by atoms with Crippen LogP contribution in [0.3, 0.4) is 0 Å². The third-order valence-corrected chi connectivity index (χ3v) is 4.33. The molecular weight excluding hydrogens is 212 g/mol. The first-order chi connectivity index (χ1) is 7.98. The van der Waals surface area contributed by atoms with Crippen LogP contribution in [-0.2, 0) is 4.74 Å². The molecule has 3 heteroatoms. The molecule has 1 N–H and O–H groups in total. The van der Waals surface area contributed by atoms with Crippen LogP contribution in [0.15, 0.2) is 0 Å². The fourth-order valence-corrected chi connectivity index (χ4v) is 2.96. The number of nitrogens with zero attached hydrogens (tertiary/aromatic N) is 1. The van der Waals surface area contributed by atoms with Crippen molar-refractivity contribution < 1.29 is 4.74 Å². The summed E-state index contributed by atoms with van der Waals surface area (Å²) in [7, 11) is 0. The van der Waals surface area contributed by atoms with Crippen molar-refractivity contribution >= 4 is 0 Å². The highest BCUT2D eigenvalue weighted by Gasteiger charge is 2.34. The number of nitrogens with one attached hydrogen (secondary N) is 1. The van der Waals surface area contributed by atoms with E-state index in [0.717, 1.165) is 19.8 Å². The smallest absolute Gasteiger partial charge is 0.0622 e. The Morgan fingerprint density at radius 2 is 2.00 bits per heavy atom. The highest BCUT2D eigenvalue weighted by Crippen LogP contribution is 2.26. The van der Waals surface area contributed by atoms with Crippen LogP contribution in [0.1, 0.15) is 40.5 Å². The fraction of sp³-hybridized carbons (Fsp3) is 1.00. The Bertz CT molecular complexity index is 243. The van der Waals surface area contributed by atoms with Crippen LogP contribution in [0.25, 0.3) is 0 Å². The average molecular weight is 240 g/mol. The van der Waals surface area contributed by atoms with Gasteiger partial charge in [-0.1, -0.05) is 20.8 Å². The van der Waals surface area contributed by atoms with Gasteiger partial charge in [0.25, 0.3) is 0 Å². The summed E-state index contributed by atoms with van der Waals surface area (Å²) in [5.74, 6) is 0. The summed E-state index contributed by atoms with van der Waals surface area (Å²) in [5, 5.41) is 3.72. The minimum atomic E-state index is 0.335. The maximum absolute atomic E-state index is 5.56. The average Bonchev–Trinajstić information content (AvgIpc) is 2.67. The summed E-state index contributed by atoms with van der Waals surface area (Å²) in [6.07, 6.45) is 2.46.